The van der Waals surface area contributed by atoms with Crippen LogP contribution >= 0.6 is 11.8 Å². The van der Waals surface area contributed by atoms with E-state index in [9.17, 15) is 14.0 Å². The second-order valence-corrected chi connectivity index (χ2v) is 6.19. The van der Waals surface area contributed by atoms with E-state index in [1.54, 1.807) is 4.90 Å². The SMILES string of the molecule is CCC1CN(C(=O)Nc2ccc(C(=O)O)c(F)c2)CCS1. The van der Waals surface area contributed by atoms with Gasteiger partial charge >= 0.3 is 12.0 Å². The van der Waals surface area contributed by atoms with Crippen LogP contribution in [0.1, 0.15) is 23.7 Å². The highest BCUT2D eigenvalue weighted by atomic mass is 32.2. The molecule has 0 bridgehead atoms. The molecular formula is C14H17FN2O3S. The number of nitrogens with one attached hydrogen (secondary N) is 1. The zero-order chi connectivity index (χ0) is 15.4. The van der Waals surface area contributed by atoms with Gasteiger partial charge in [0.2, 0.25) is 0 Å². The fourth-order valence-corrected chi connectivity index (χ4v) is 3.30. The Bertz CT molecular complexity index is 553. The highest BCUT2D eigenvalue weighted by Gasteiger charge is 2.23. The Hall–Kier alpha value is -1.76. The summed E-state index contributed by atoms with van der Waals surface area (Å²) < 4.78 is 13.6. The van der Waals surface area contributed by atoms with Gasteiger partial charge in [-0.2, -0.15) is 11.8 Å². The molecule has 2 N–H and O–H groups in total. The van der Waals surface area contributed by atoms with E-state index in [0.717, 1.165) is 24.3 Å². The van der Waals surface area contributed by atoms with Crippen molar-refractivity contribution < 1.29 is 19.1 Å². The van der Waals surface area contributed by atoms with Crippen LogP contribution in [0.3, 0.4) is 0 Å². The van der Waals surface area contributed by atoms with Crippen molar-refractivity contribution in [2.24, 2.45) is 0 Å². The maximum Gasteiger partial charge on any atom is 0.338 e. The van der Waals surface area contributed by atoms with Crippen LogP contribution in [0.5, 0.6) is 0 Å². The van der Waals surface area contributed by atoms with Gasteiger partial charge in [0, 0.05) is 29.8 Å². The Balaban J connectivity index is 2.02. The van der Waals surface area contributed by atoms with Crippen LogP contribution in [0.25, 0.3) is 0 Å². The highest BCUT2D eigenvalue weighted by molar-refractivity contribution is 8.00. The molecule has 0 aromatic heterocycles. The summed E-state index contributed by atoms with van der Waals surface area (Å²) in [6, 6.07) is 3.28. The maximum absolute atomic E-state index is 13.6. The molecule has 21 heavy (non-hydrogen) atoms. The van der Waals surface area contributed by atoms with Crippen LogP contribution in [-0.4, -0.2) is 46.1 Å². The Labute approximate surface area is 126 Å². The maximum atomic E-state index is 13.6. The molecule has 1 saturated heterocycles. The molecule has 0 aliphatic carbocycles. The van der Waals surface area contributed by atoms with Gasteiger partial charge in [-0.15, -0.1) is 0 Å². The first kappa shape index (κ1) is 15.6. The molecule has 0 spiro atoms. The Morgan fingerprint density at radius 2 is 2.29 bits per heavy atom. The lowest BCUT2D eigenvalue weighted by Crippen LogP contribution is -2.43. The standard InChI is InChI=1S/C14H17FN2O3S/c1-2-10-8-17(5-6-21-10)14(20)16-9-3-4-11(13(18)19)12(15)7-9/h3-4,7,10H,2,5-6,8H2,1H3,(H,16,20)(H,18,19). The van der Waals surface area contributed by atoms with Crippen molar-refractivity contribution in [1.29, 1.82) is 0 Å². The van der Waals surface area contributed by atoms with Gasteiger partial charge in [-0.1, -0.05) is 6.92 Å². The topological polar surface area (TPSA) is 69.6 Å². The molecule has 1 aliphatic rings. The minimum absolute atomic E-state index is 0.258. The van der Waals surface area contributed by atoms with Crippen LogP contribution in [0, 0.1) is 5.82 Å². The molecule has 1 atom stereocenters. The second kappa shape index (κ2) is 6.80. The van der Waals surface area contributed by atoms with Crippen molar-refractivity contribution in [1.82, 2.24) is 4.90 Å². The molecule has 2 rings (SSSR count). The monoisotopic (exact) mass is 312 g/mol. The Kier molecular flexibility index (Phi) is 5.06. The Morgan fingerprint density at radius 1 is 1.52 bits per heavy atom. The minimum atomic E-state index is -1.33. The molecule has 1 aliphatic heterocycles. The van der Waals surface area contributed by atoms with Crippen molar-refractivity contribution >= 4 is 29.4 Å². The smallest absolute Gasteiger partial charge is 0.338 e. The predicted molar refractivity (Wildman–Crippen MR) is 80.5 cm³/mol. The molecule has 114 valence electrons. The van der Waals surface area contributed by atoms with Gasteiger partial charge < -0.3 is 15.3 Å². The van der Waals surface area contributed by atoms with Crippen molar-refractivity contribution in [2.45, 2.75) is 18.6 Å². The summed E-state index contributed by atoms with van der Waals surface area (Å²) in [5.74, 6) is -1.30. The number of hydrogen-bond acceptors (Lipinski definition) is 3. The number of carbonyl (C=O) groups excluding carboxylic acids is 1. The van der Waals surface area contributed by atoms with Crippen molar-refractivity contribution in [2.75, 3.05) is 24.2 Å². The largest absolute Gasteiger partial charge is 0.478 e. The third-order valence-electron chi connectivity index (χ3n) is 3.33. The van der Waals surface area contributed by atoms with Gasteiger partial charge in [0.1, 0.15) is 5.82 Å². The van der Waals surface area contributed by atoms with Crippen LogP contribution in [0.15, 0.2) is 18.2 Å². The number of rotatable bonds is 3. The van der Waals surface area contributed by atoms with E-state index < -0.39 is 17.3 Å². The van der Waals surface area contributed by atoms with E-state index in [0.29, 0.717) is 18.3 Å². The summed E-state index contributed by atoms with van der Waals surface area (Å²) >= 11 is 1.85. The fraction of sp³-hybridized carbons (Fsp3) is 0.429. The number of carboxylic acids is 1. The van der Waals surface area contributed by atoms with Gasteiger partial charge in [-0.05, 0) is 24.6 Å². The molecule has 7 heteroatoms. The average Bonchev–Trinajstić information content (AvgIpc) is 2.47. The first-order chi connectivity index (χ1) is 10.0. The van der Waals surface area contributed by atoms with E-state index in [1.165, 1.54) is 6.07 Å². The third-order valence-corrected chi connectivity index (χ3v) is 4.70. The molecule has 1 fully saturated rings. The number of nitrogens with zero attached hydrogens (tertiary/aromatic N) is 1. The van der Waals surface area contributed by atoms with Gasteiger partial charge in [0.25, 0.3) is 0 Å². The van der Waals surface area contributed by atoms with Crippen LogP contribution in [0.2, 0.25) is 0 Å². The number of anilines is 1. The van der Waals surface area contributed by atoms with Gasteiger partial charge in [-0.25, -0.2) is 14.0 Å². The summed E-state index contributed by atoms with van der Waals surface area (Å²) in [5.41, 5.74) is -0.151. The molecule has 1 heterocycles. The zero-order valence-corrected chi connectivity index (χ0v) is 12.5. The van der Waals surface area contributed by atoms with Gasteiger partial charge in [-0.3, -0.25) is 0 Å². The van der Waals surface area contributed by atoms with Crippen molar-refractivity contribution in [3.05, 3.63) is 29.6 Å². The lowest BCUT2D eigenvalue weighted by Gasteiger charge is -2.31. The summed E-state index contributed by atoms with van der Waals surface area (Å²) in [6.45, 7) is 3.41. The van der Waals surface area contributed by atoms with Crippen molar-refractivity contribution in [3.63, 3.8) is 0 Å². The Morgan fingerprint density at radius 3 is 2.90 bits per heavy atom. The molecule has 0 saturated carbocycles. The molecule has 1 aromatic rings. The number of thioether (sulfide) groups is 1. The number of amides is 2. The quantitative estimate of drug-likeness (QED) is 0.900. The lowest BCUT2D eigenvalue weighted by molar-refractivity contribution is 0.0692. The van der Waals surface area contributed by atoms with Gasteiger partial charge in [0.15, 0.2) is 0 Å². The molecule has 1 aromatic carbocycles. The number of hydrogen-bond donors (Lipinski definition) is 2. The number of carboxylic acid groups (broad SMARTS) is 1. The number of halogens is 1. The molecule has 1 unspecified atom stereocenters. The highest BCUT2D eigenvalue weighted by Crippen LogP contribution is 2.22. The summed E-state index contributed by atoms with van der Waals surface area (Å²) in [5, 5.41) is 11.8. The van der Waals surface area contributed by atoms with E-state index in [1.807, 2.05) is 11.8 Å². The number of urea groups is 1. The van der Waals surface area contributed by atoms with E-state index in [-0.39, 0.29) is 11.7 Å². The number of benzene rings is 1. The zero-order valence-electron chi connectivity index (χ0n) is 11.6. The fourth-order valence-electron chi connectivity index (χ4n) is 2.12. The van der Waals surface area contributed by atoms with E-state index in [4.69, 9.17) is 5.11 Å². The number of aromatic carboxylic acids is 1. The average molecular weight is 312 g/mol. The number of carbonyl (C=O) groups is 2. The van der Waals surface area contributed by atoms with Gasteiger partial charge in [0.05, 0.1) is 5.56 Å². The normalized spacial score (nSPS) is 18.4. The molecule has 5 nitrogen and oxygen atoms in total. The minimum Gasteiger partial charge on any atom is -0.478 e. The predicted octanol–water partition coefficient (Wildman–Crippen LogP) is 2.88. The summed E-state index contributed by atoms with van der Waals surface area (Å²) in [6.07, 6.45) is 0.996. The first-order valence-electron chi connectivity index (χ1n) is 6.71. The second-order valence-electron chi connectivity index (χ2n) is 4.78. The summed E-state index contributed by atoms with van der Waals surface area (Å²) in [7, 11) is 0. The van der Waals surface area contributed by atoms with E-state index in [2.05, 4.69) is 12.2 Å². The van der Waals surface area contributed by atoms with Crippen molar-refractivity contribution in [3.8, 4) is 0 Å². The summed E-state index contributed by atoms with van der Waals surface area (Å²) in [4.78, 5) is 24.6. The van der Waals surface area contributed by atoms with Crippen LogP contribution in [-0.2, 0) is 0 Å². The molecule has 2 amide bonds. The van der Waals surface area contributed by atoms with Crippen LogP contribution in [0.4, 0.5) is 14.9 Å². The van der Waals surface area contributed by atoms with E-state index >= 15 is 0 Å². The molecular weight excluding hydrogens is 295 g/mol. The lowest BCUT2D eigenvalue weighted by atomic mass is 10.2. The third kappa shape index (κ3) is 3.87. The first-order valence-corrected chi connectivity index (χ1v) is 7.76. The molecule has 0 radical (unpaired) electrons. The van der Waals surface area contributed by atoms with Crippen LogP contribution < -0.4 is 5.32 Å².